The van der Waals surface area contributed by atoms with Crippen LogP contribution in [0.2, 0.25) is 0 Å². The van der Waals surface area contributed by atoms with E-state index in [-0.39, 0.29) is 0 Å². The van der Waals surface area contributed by atoms with Crippen molar-refractivity contribution in [3.05, 3.63) is 0 Å². The van der Waals surface area contributed by atoms with Crippen LogP contribution in [0.5, 0.6) is 0 Å². The van der Waals surface area contributed by atoms with Crippen LogP contribution in [0, 0.1) is 11.4 Å². The van der Waals surface area contributed by atoms with Crippen LogP contribution in [0.3, 0.4) is 0 Å². The van der Waals surface area contributed by atoms with Crippen molar-refractivity contribution < 1.29 is 0 Å². The molecule has 1 fully saturated rings. The van der Waals surface area contributed by atoms with Crippen molar-refractivity contribution in [2.75, 3.05) is 6.54 Å². The highest BCUT2D eigenvalue weighted by atomic mass is 14.9. The topological polar surface area (TPSA) is 36.2 Å². The van der Waals surface area contributed by atoms with Crippen LogP contribution in [0.25, 0.3) is 0 Å². The molecule has 0 atom stereocenters. The molecule has 0 spiro atoms. The smallest absolute Gasteiger partial charge is 0.0599 e. The van der Waals surface area contributed by atoms with Gasteiger partial charge < -0.3 is 0 Å². The van der Waals surface area contributed by atoms with Gasteiger partial charge in [0.15, 0.2) is 0 Å². The Labute approximate surface area is 56.2 Å². The fraction of sp³-hybridized carbons (Fsp3) is 1.00. The lowest BCUT2D eigenvalue weighted by atomic mass is 10.1. The van der Waals surface area contributed by atoms with Crippen molar-refractivity contribution in [2.45, 2.75) is 32.1 Å². The van der Waals surface area contributed by atoms with Gasteiger partial charge in [-0.2, -0.15) is 5.11 Å². The number of nitrogens with zero attached hydrogens (tertiary/aromatic N) is 1. The number of hydrogen-bond donors (Lipinski definition) is 1. The molecular weight excluding hydrogens is 112 g/mol. The lowest BCUT2D eigenvalue weighted by Crippen LogP contribution is -1.94. The van der Waals surface area contributed by atoms with Crippen molar-refractivity contribution in [1.82, 2.24) is 0 Å². The van der Waals surface area contributed by atoms with Gasteiger partial charge in [0.05, 0.1) is 6.54 Å². The van der Waals surface area contributed by atoms with Crippen LogP contribution >= 0.6 is 0 Å². The summed E-state index contributed by atoms with van der Waals surface area (Å²) in [6.07, 6.45) is 6.74. The molecule has 0 unspecified atom stereocenters. The maximum atomic E-state index is 6.59. The summed E-state index contributed by atoms with van der Waals surface area (Å²) in [6.45, 7) is 0.755. The van der Waals surface area contributed by atoms with Gasteiger partial charge in [-0.15, -0.1) is 0 Å². The third kappa shape index (κ3) is 2.12. The Hall–Kier alpha value is -0.400. The molecule has 2 nitrogen and oxygen atoms in total. The molecule has 0 aliphatic heterocycles. The first kappa shape index (κ1) is 6.72. The first-order chi connectivity index (χ1) is 4.43. The molecule has 0 aromatic rings. The van der Waals surface area contributed by atoms with E-state index < -0.39 is 0 Å². The molecule has 0 radical (unpaired) electrons. The van der Waals surface area contributed by atoms with Crippen LogP contribution < -0.4 is 0 Å². The quantitative estimate of drug-likeness (QED) is 0.564. The summed E-state index contributed by atoms with van der Waals surface area (Å²) in [5.41, 5.74) is 6.59. The van der Waals surface area contributed by atoms with E-state index in [9.17, 15) is 0 Å². The largest absolute Gasteiger partial charge is 0.210 e. The van der Waals surface area contributed by atoms with Crippen molar-refractivity contribution >= 4 is 0 Å². The lowest BCUT2D eigenvalue weighted by molar-refractivity contribution is 0.505. The fourth-order valence-electron chi connectivity index (χ4n) is 1.55. The predicted octanol–water partition coefficient (Wildman–Crippen LogP) is 2.60. The fourth-order valence-corrected chi connectivity index (χ4v) is 1.55. The zero-order valence-corrected chi connectivity index (χ0v) is 5.77. The molecule has 52 valence electrons. The third-order valence-corrected chi connectivity index (χ3v) is 2.12. The zero-order valence-electron chi connectivity index (χ0n) is 5.77. The van der Waals surface area contributed by atoms with Crippen LogP contribution in [-0.4, -0.2) is 6.54 Å². The molecule has 2 heteroatoms. The van der Waals surface area contributed by atoms with Gasteiger partial charge in [0, 0.05) is 0 Å². The van der Waals surface area contributed by atoms with Crippen LogP contribution in [0.4, 0.5) is 0 Å². The monoisotopic (exact) mass is 126 g/mol. The average molecular weight is 126 g/mol. The Kier molecular flexibility index (Phi) is 2.68. The van der Waals surface area contributed by atoms with E-state index in [2.05, 4.69) is 5.11 Å². The normalized spacial score (nSPS) is 20.4. The molecule has 1 rings (SSSR count). The Morgan fingerprint density at radius 3 is 2.56 bits per heavy atom. The minimum Gasteiger partial charge on any atom is -0.210 e. The van der Waals surface area contributed by atoms with Crippen molar-refractivity contribution in [3.63, 3.8) is 0 Å². The van der Waals surface area contributed by atoms with Gasteiger partial charge in [-0.05, 0) is 12.3 Å². The van der Waals surface area contributed by atoms with E-state index in [1.807, 2.05) is 0 Å². The highest BCUT2D eigenvalue weighted by Gasteiger charge is 2.13. The third-order valence-electron chi connectivity index (χ3n) is 2.12. The first-order valence-electron chi connectivity index (χ1n) is 3.76. The molecule has 0 bridgehead atoms. The number of rotatable bonds is 3. The van der Waals surface area contributed by atoms with Crippen LogP contribution in [0.1, 0.15) is 32.1 Å². The highest BCUT2D eigenvalue weighted by Crippen LogP contribution is 2.27. The van der Waals surface area contributed by atoms with Crippen molar-refractivity contribution in [2.24, 2.45) is 11.0 Å². The average Bonchev–Trinajstić information content (AvgIpc) is 2.34. The highest BCUT2D eigenvalue weighted by molar-refractivity contribution is 4.67. The van der Waals surface area contributed by atoms with E-state index in [4.69, 9.17) is 5.53 Å². The van der Waals surface area contributed by atoms with E-state index in [1.165, 1.54) is 25.7 Å². The Morgan fingerprint density at radius 2 is 2.00 bits per heavy atom. The van der Waals surface area contributed by atoms with Gasteiger partial charge in [-0.1, -0.05) is 25.7 Å². The second-order valence-corrected chi connectivity index (χ2v) is 2.82. The summed E-state index contributed by atoms with van der Waals surface area (Å²) in [6, 6.07) is 0. The molecule has 9 heavy (non-hydrogen) atoms. The SMILES string of the molecule is N=NCCC1CCCC1. The summed E-state index contributed by atoms with van der Waals surface area (Å²) in [5.74, 6) is 0.902. The maximum Gasteiger partial charge on any atom is 0.0599 e. The molecule has 0 heterocycles. The van der Waals surface area contributed by atoms with Gasteiger partial charge >= 0.3 is 0 Å². The molecule has 1 aliphatic carbocycles. The molecule has 1 N–H and O–H groups in total. The first-order valence-corrected chi connectivity index (χ1v) is 3.76. The van der Waals surface area contributed by atoms with Crippen LogP contribution in [0.15, 0.2) is 5.11 Å². The van der Waals surface area contributed by atoms with Gasteiger partial charge in [0.2, 0.25) is 0 Å². The summed E-state index contributed by atoms with van der Waals surface area (Å²) >= 11 is 0. The summed E-state index contributed by atoms with van der Waals surface area (Å²) < 4.78 is 0. The second kappa shape index (κ2) is 3.59. The zero-order chi connectivity index (χ0) is 6.53. The van der Waals surface area contributed by atoms with Crippen molar-refractivity contribution in [3.8, 4) is 0 Å². The number of nitrogens with one attached hydrogen (secondary N) is 1. The van der Waals surface area contributed by atoms with Crippen molar-refractivity contribution in [1.29, 1.82) is 5.53 Å². The molecule has 0 aromatic heterocycles. The van der Waals surface area contributed by atoms with E-state index in [1.54, 1.807) is 0 Å². The molecule has 0 saturated heterocycles. The lowest BCUT2D eigenvalue weighted by Gasteiger charge is -2.03. The van der Waals surface area contributed by atoms with Gasteiger partial charge in [0.1, 0.15) is 0 Å². The summed E-state index contributed by atoms with van der Waals surface area (Å²) in [5, 5.41) is 3.35. The van der Waals surface area contributed by atoms with Gasteiger partial charge in [-0.3, -0.25) is 0 Å². The van der Waals surface area contributed by atoms with E-state index in [0.717, 1.165) is 18.9 Å². The molecule has 1 aliphatic rings. The minimum atomic E-state index is 0.755. The maximum absolute atomic E-state index is 6.59. The minimum absolute atomic E-state index is 0.755. The Morgan fingerprint density at radius 1 is 1.33 bits per heavy atom. The summed E-state index contributed by atoms with van der Waals surface area (Å²) in [7, 11) is 0. The van der Waals surface area contributed by atoms with E-state index in [0.29, 0.717) is 0 Å². The summed E-state index contributed by atoms with van der Waals surface area (Å²) in [4.78, 5) is 0. The van der Waals surface area contributed by atoms with Crippen LogP contribution in [-0.2, 0) is 0 Å². The molecular formula is C7H14N2. The Bertz CT molecular complexity index is 84.9. The van der Waals surface area contributed by atoms with Gasteiger partial charge in [0.25, 0.3) is 0 Å². The standard InChI is InChI=1S/C7H14N2/c8-9-6-5-7-3-1-2-4-7/h7-8H,1-6H2. The Balaban J connectivity index is 2.04. The molecule has 1 saturated carbocycles. The van der Waals surface area contributed by atoms with E-state index >= 15 is 0 Å². The predicted molar refractivity (Wildman–Crippen MR) is 36.6 cm³/mol. The molecule has 0 amide bonds. The molecule has 0 aromatic carbocycles. The van der Waals surface area contributed by atoms with Gasteiger partial charge in [-0.25, -0.2) is 5.53 Å². The number of hydrogen-bond acceptors (Lipinski definition) is 2. The second-order valence-electron chi connectivity index (χ2n) is 2.82.